The zero-order chi connectivity index (χ0) is 21.0. The van der Waals surface area contributed by atoms with Crippen LogP contribution in [0.15, 0.2) is 53.3 Å². The molecule has 3 aromatic rings. The van der Waals surface area contributed by atoms with Gasteiger partial charge in [-0.2, -0.15) is 0 Å². The molecule has 0 aliphatic heterocycles. The van der Waals surface area contributed by atoms with E-state index in [2.05, 4.69) is 10.3 Å². The molecule has 6 nitrogen and oxygen atoms in total. The van der Waals surface area contributed by atoms with E-state index < -0.39 is 0 Å². The molecular weight excluding hydrogens is 390 g/mol. The van der Waals surface area contributed by atoms with Gasteiger partial charge in [-0.3, -0.25) is 14.2 Å². The standard InChI is InChI=1S/C22H22ClN3O3/c1-14-6-3-4-9-19(14)25-20(28)13-26-21(16-7-5-8-17(23)12-16)24-15(2)18(10-11-27)22(26)29/h3-9,12,27H,10-11,13H2,1-2H3,(H,25,28). The van der Waals surface area contributed by atoms with Crippen LogP contribution in [0.2, 0.25) is 5.02 Å². The molecule has 3 rings (SSSR count). The van der Waals surface area contributed by atoms with Crippen LogP contribution < -0.4 is 10.9 Å². The third-order valence-electron chi connectivity index (χ3n) is 4.63. The van der Waals surface area contributed by atoms with Gasteiger partial charge in [-0.1, -0.05) is 41.9 Å². The lowest BCUT2D eigenvalue weighted by Gasteiger charge is -2.16. The number of hydrogen-bond acceptors (Lipinski definition) is 4. The normalized spacial score (nSPS) is 10.8. The number of aliphatic hydroxyl groups excluding tert-OH is 1. The van der Waals surface area contributed by atoms with Gasteiger partial charge >= 0.3 is 0 Å². The highest BCUT2D eigenvalue weighted by Crippen LogP contribution is 2.22. The number of hydrogen-bond donors (Lipinski definition) is 2. The molecule has 0 bridgehead atoms. The van der Waals surface area contributed by atoms with Crippen LogP contribution in [-0.2, 0) is 17.8 Å². The third kappa shape index (κ3) is 4.72. The summed E-state index contributed by atoms with van der Waals surface area (Å²) in [5.41, 5.74) is 2.81. The number of para-hydroxylation sites is 1. The number of carbonyl (C=O) groups is 1. The monoisotopic (exact) mass is 411 g/mol. The number of nitrogens with one attached hydrogen (secondary N) is 1. The van der Waals surface area contributed by atoms with Gasteiger partial charge in [0.05, 0.1) is 0 Å². The summed E-state index contributed by atoms with van der Waals surface area (Å²) >= 11 is 6.11. The summed E-state index contributed by atoms with van der Waals surface area (Å²) in [6.45, 7) is 3.23. The number of aromatic nitrogens is 2. The van der Waals surface area contributed by atoms with Crippen molar-refractivity contribution < 1.29 is 9.90 Å². The number of aryl methyl sites for hydroxylation is 2. The van der Waals surface area contributed by atoms with Crippen molar-refractivity contribution in [2.24, 2.45) is 0 Å². The minimum absolute atomic E-state index is 0.174. The lowest BCUT2D eigenvalue weighted by atomic mass is 10.1. The van der Waals surface area contributed by atoms with Crippen LogP contribution in [0.3, 0.4) is 0 Å². The molecule has 29 heavy (non-hydrogen) atoms. The topological polar surface area (TPSA) is 84.2 Å². The van der Waals surface area contributed by atoms with Gasteiger partial charge in [-0.15, -0.1) is 0 Å². The maximum absolute atomic E-state index is 13.1. The number of halogens is 1. The number of aliphatic hydroxyl groups is 1. The van der Waals surface area contributed by atoms with Crippen LogP contribution in [0.1, 0.15) is 16.8 Å². The maximum atomic E-state index is 13.1. The molecule has 0 atom stereocenters. The molecule has 0 fully saturated rings. The highest BCUT2D eigenvalue weighted by Gasteiger charge is 2.18. The van der Waals surface area contributed by atoms with Crippen LogP contribution in [-0.4, -0.2) is 27.2 Å². The zero-order valence-corrected chi connectivity index (χ0v) is 17.0. The SMILES string of the molecule is Cc1ccccc1NC(=O)Cn1c(-c2cccc(Cl)c2)nc(C)c(CCO)c1=O. The smallest absolute Gasteiger partial charge is 0.257 e. The Bertz CT molecular complexity index is 1110. The molecule has 0 spiro atoms. The molecule has 150 valence electrons. The van der Waals surface area contributed by atoms with E-state index >= 15 is 0 Å². The molecule has 0 aliphatic rings. The Morgan fingerprint density at radius 3 is 2.62 bits per heavy atom. The average Bonchev–Trinajstić information content (AvgIpc) is 2.69. The van der Waals surface area contributed by atoms with Crippen molar-refractivity contribution in [1.29, 1.82) is 0 Å². The number of amides is 1. The molecule has 1 aromatic heterocycles. The van der Waals surface area contributed by atoms with Crippen molar-refractivity contribution >= 4 is 23.2 Å². The van der Waals surface area contributed by atoms with E-state index in [1.807, 2.05) is 25.1 Å². The Balaban J connectivity index is 2.05. The first-order chi connectivity index (χ1) is 13.9. The molecule has 0 unspecified atom stereocenters. The molecule has 1 amide bonds. The van der Waals surface area contributed by atoms with Crippen LogP contribution >= 0.6 is 11.6 Å². The van der Waals surface area contributed by atoms with Crippen molar-refractivity contribution in [2.45, 2.75) is 26.8 Å². The van der Waals surface area contributed by atoms with Crippen molar-refractivity contribution in [3.63, 3.8) is 0 Å². The first-order valence-electron chi connectivity index (χ1n) is 9.23. The van der Waals surface area contributed by atoms with E-state index in [1.165, 1.54) is 4.57 Å². The van der Waals surface area contributed by atoms with E-state index in [9.17, 15) is 14.7 Å². The second-order valence-electron chi connectivity index (χ2n) is 6.74. The van der Waals surface area contributed by atoms with Gasteiger partial charge in [-0.25, -0.2) is 4.98 Å². The predicted octanol–water partition coefficient (Wildman–Crippen LogP) is 3.35. The lowest BCUT2D eigenvalue weighted by molar-refractivity contribution is -0.116. The Morgan fingerprint density at radius 2 is 1.93 bits per heavy atom. The van der Waals surface area contributed by atoms with E-state index in [0.29, 0.717) is 33.4 Å². The maximum Gasteiger partial charge on any atom is 0.257 e. The van der Waals surface area contributed by atoms with Crippen LogP contribution in [0.25, 0.3) is 11.4 Å². The molecule has 0 radical (unpaired) electrons. The molecule has 2 aromatic carbocycles. The Morgan fingerprint density at radius 1 is 1.17 bits per heavy atom. The van der Waals surface area contributed by atoms with Gasteiger partial charge in [0.1, 0.15) is 12.4 Å². The number of anilines is 1. The van der Waals surface area contributed by atoms with Gasteiger partial charge in [-0.05, 0) is 37.6 Å². The molecular formula is C22H22ClN3O3. The first kappa shape index (κ1) is 20.8. The first-order valence-corrected chi connectivity index (χ1v) is 9.61. The van der Waals surface area contributed by atoms with Gasteiger partial charge < -0.3 is 10.4 Å². The lowest BCUT2D eigenvalue weighted by Crippen LogP contribution is -2.33. The average molecular weight is 412 g/mol. The number of rotatable bonds is 6. The summed E-state index contributed by atoms with van der Waals surface area (Å²) in [5.74, 6) is 0.0157. The zero-order valence-electron chi connectivity index (χ0n) is 16.3. The summed E-state index contributed by atoms with van der Waals surface area (Å²) in [6, 6.07) is 14.4. The van der Waals surface area contributed by atoms with Gasteiger partial charge in [0, 0.05) is 40.6 Å². The third-order valence-corrected chi connectivity index (χ3v) is 4.87. The van der Waals surface area contributed by atoms with Crippen LogP contribution in [0.4, 0.5) is 5.69 Å². The minimum atomic E-state index is -0.346. The van der Waals surface area contributed by atoms with Crippen molar-refractivity contribution in [1.82, 2.24) is 9.55 Å². The highest BCUT2D eigenvalue weighted by molar-refractivity contribution is 6.30. The minimum Gasteiger partial charge on any atom is -0.396 e. The molecule has 0 saturated heterocycles. The Labute approximate surface area is 173 Å². The van der Waals surface area contributed by atoms with Crippen LogP contribution in [0.5, 0.6) is 0 Å². The van der Waals surface area contributed by atoms with Gasteiger partial charge in [0.2, 0.25) is 5.91 Å². The molecule has 1 heterocycles. The predicted molar refractivity (Wildman–Crippen MR) is 114 cm³/mol. The molecule has 7 heteroatoms. The molecule has 0 aliphatic carbocycles. The second-order valence-corrected chi connectivity index (χ2v) is 7.17. The summed E-state index contributed by atoms with van der Waals surface area (Å²) < 4.78 is 1.33. The summed E-state index contributed by atoms with van der Waals surface area (Å²) in [7, 11) is 0. The van der Waals surface area contributed by atoms with E-state index in [1.54, 1.807) is 37.3 Å². The number of nitrogens with zero attached hydrogens (tertiary/aromatic N) is 2. The fourth-order valence-corrected chi connectivity index (χ4v) is 3.33. The van der Waals surface area contributed by atoms with Crippen molar-refractivity contribution in [3.8, 4) is 11.4 Å². The van der Waals surface area contributed by atoms with E-state index in [-0.39, 0.29) is 31.0 Å². The largest absolute Gasteiger partial charge is 0.396 e. The van der Waals surface area contributed by atoms with Crippen molar-refractivity contribution in [3.05, 3.63) is 80.7 Å². The van der Waals surface area contributed by atoms with Crippen LogP contribution in [0, 0.1) is 13.8 Å². The number of benzene rings is 2. The Kier molecular flexibility index (Phi) is 6.46. The summed E-state index contributed by atoms with van der Waals surface area (Å²) in [5, 5.41) is 12.7. The quantitative estimate of drug-likeness (QED) is 0.651. The van der Waals surface area contributed by atoms with E-state index in [4.69, 9.17) is 11.6 Å². The second kappa shape index (κ2) is 9.03. The molecule has 0 saturated carbocycles. The van der Waals surface area contributed by atoms with Gasteiger partial charge in [0.15, 0.2) is 0 Å². The fourth-order valence-electron chi connectivity index (χ4n) is 3.14. The highest BCUT2D eigenvalue weighted by atomic mass is 35.5. The van der Waals surface area contributed by atoms with E-state index in [0.717, 1.165) is 5.56 Å². The summed E-state index contributed by atoms with van der Waals surface area (Å²) in [6.07, 6.45) is 0.174. The number of carbonyl (C=O) groups excluding carboxylic acids is 1. The van der Waals surface area contributed by atoms with Gasteiger partial charge in [0.25, 0.3) is 5.56 Å². The fraction of sp³-hybridized carbons (Fsp3) is 0.227. The summed E-state index contributed by atoms with van der Waals surface area (Å²) in [4.78, 5) is 30.4. The molecule has 2 N–H and O–H groups in total. The van der Waals surface area contributed by atoms with Crippen molar-refractivity contribution in [2.75, 3.05) is 11.9 Å². The Hall–Kier alpha value is -2.96.